The van der Waals surface area contributed by atoms with Gasteiger partial charge in [-0.05, 0) is 42.5 Å². The summed E-state index contributed by atoms with van der Waals surface area (Å²) in [7, 11) is 0. The van der Waals surface area contributed by atoms with Crippen molar-refractivity contribution in [2.75, 3.05) is 10.6 Å². The molecule has 0 saturated carbocycles. The van der Waals surface area contributed by atoms with Gasteiger partial charge in [-0.2, -0.15) is 0 Å². The van der Waals surface area contributed by atoms with Gasteiger partial charge in [0.1, 0.15) is 0 Å². The number of nitrogens with one attached hydrogen (secondary N) is 2. The van der Waals surface area contributed by atoms with Crippen molar-refractivity contribution in [1.29, 1.82) is 0 Å². The fourth-order valence-corrected chi connectivity index (χ4v) is 2.50. The molecule has 3 heterocycles. The third kappa shape index (κ3) is 3.80. The zero-order valence-corrected chi connectivity index (χ0v) is 14.5. The Morgan fingerprint density at radius 1 is 0.893 bits per heavy atom. The second-order valence-corrected chi connectivity index (χ2v) is 5.78. The molecule has 8 nitrogen and oxygen atoms in total. The van der Waals surface area contributed by atoms with Crippen molar-refractivity contribution in [3.63, 3.8) is 0 Å². The molecule has 0 aliphatic carbocycles. The minimum Gasteiger partial charge on any atom is -0.459 e. The van der Waals surface area contributed by atoms with E-state index in [1.807, 2.05) is 0 Å². The number of amides is 2. The molecule has 0 aliphatic heterocycles. The zero-order valence-electron chi connectivity index (χ0n) is 14.5. The molecule has 4 rings (SSSR count). The van der Waals surface area contributed by atoms with Gasteiger partial charge in [-0.3, -0.25) is 14.6 Å². The second kappa shape index (κ2) is 7.58. The number of anilines is 2. The molecule has 4 aromatic rings. The maximum atomic E-state index is 12.4. The van der Waals surface area contributed by atoms with Gasteiger partial charge in [0.15, 0.2) is 17.2 Å². The molecule has 3 aromatic heterocycles. The van der Waals surface area contributed by atoms with Crippen molar-refractivity contribution in [1.82, 2.24) is 10.1 Å². The van der Waals surface area contributed by atoms with Crippen LogP contribution >= 0.6 is 0 Å². The average molecular weight is 374 g/mol. The first-order valence-electron chi connectivity index (χ1n) is 8.32. The van der Waals surface area contributed by atoms with E-state index in [4.69, 9.17) is 8.94 Å². The van der Waals surface area contributed by atoms with E-state index in [-0.39, 0.29) is 17.4 Å². The number of furan rings is 1. The van der Waals surface area contributed by atoms with Crippen molar-refractivity contribution in [2.45, 2.75) is 0 Å². The van der Waals surface area contributed by atoms with Gasteiger partial charge in [0.25, 0.3) is 11.8 Å². The number of pyridine rings is 1. The molecule has 1 aromatic carbocycles. The fraction of sp³-hybridized carbons (Fsp3) is 0. The van der Waals surface area contributed by atoms with E-state index in [1.54, 1.807) is 60.9 Å². The summed E-state index contributed by atoms with van der Waals surface area (Å²) in [6, 6.07) is 15.0. The molecule has 2 amide bonds. The first-order chi connectivity index (χ1) is 13.7. The highest BCUT2D eigenvalue weighted by Crippen LogP contribution is 2.21. The summed E-state index contributed by atoms with van der Waals surface area (Å²) in [5, 5.41) is 9.21. The zero-order chi connectivity index (χ0) is 19.3. The Morgan fingerprint density at radius 3 is 2.43 bits per heavy atom. The lowest BCUT2D eigenvalue weighted by atomic mass is 10.2. The summed E-state index contributed by atoms with van der Waals surface area (Å²) >= 11 is 0. The molecule has 138 valence electrons. The number of aromatic nitrogens is 2. The Labute approximate surface area is 159 Å². The van der Waals surface area contributed by atoms with E-state index in [0.29, 0.717) is 17.1 Å². The number of hydrogen-bond donors (Lipinski definition) is 2. The van der Waals surface area contributed by atoms with E-state index in [9.17, 15) is 9.59 Å². The van der Waals surface area contributed by atoms with Crippen LogP contribution in [0, 0.1) is 0 Å². The summed E-state index contributed by atoms with van der Waals surface area (Å²) in [4.78, 5) is 28.5. The number of carbonyl (C=O) groups is 2. The van der Waals surface area contributed by atoms with Crippen LogP contribution in [0.2, 0.25) is 0 Å². The minimum absolute atomic E-state index is 0.129. The molecule has 0 aliphatic rings. The number of hydrogen-bond acceptors (Lipinski definition) is 6. The van der Waals surface area contributed by atoms with Gasteiger partial charge in [0, 0.05) is 35.4 Å². The number of benzene rings is 1. The molecular formula is C20H14N4O4. The Balaban J connectivity index is 1.45. The standard InChI is InChI=1S/C20H14N4O4/c25-19(16-11-18(28-24-16)13-4-2-8-21-12-13)22-14-5-1-6-15(10-14)23-20(26)17-7-3-9-27-17/h1-12H,(H,22,25)(H,23,26). The van der Waals surface area contributed by atoms with Gasteiger partial charge in [-0.1, -0.05) is 11.2 Å². The topological polar surface area (TPSA) is 110 Å². The Kier molecular flexibility index (Phi) is 4.67. The molecule has 0 spiro atoms. The van der Waals surface area contributed by atoms with Crippen molar-refractivity contribution in [3.8, 4) is 11.3 Å². The van der Waals surface area contributed by atoms with Gasteiger partial charge in [0.05, 0.1) is 6.26 Å². The van der Waals surface area contributed by atoms with Crippen molar-refractivity contribution >= 4 is 23.2 Å². The van der Waals surface area contributed by atoms with Crippen LogP contribution in [0.15, 0.2) is 82.2 Å². The minimum atomic E-state index is -0.437. The molecule has 0 bridgehead atoms. The quantitative estimate of drug-likeness (QED) is 0.549. The summed E-state index contributed by atoms with van der Waals surface area (Å²) in [6.07, 6.45) is 4.68. The van der Waals surface area contributed by atoms with Crippen LogP contribution in [0.3, 0.4) is 0 Å². The van der Waals surface area contributed by atoms with Crippen molar-refractivity contribution < 1.29 is 18.5 Å². The lowest BCUT2D eigenvalue weighted by molar-refractivity contribution is 0.0994. The van der Waals surface area contributed by atoms with E-state index in [1.165, 1.54) is 12.3 Å². The molecule has 0 saturated heterocycles. The first-order valence-corrected chi connectivity index (χ1v) is 8.32. The highest BCUT2D eigenvalue weighted by atomic mass is 16.5. The highest BCUT2D eigenvalue weighted by Gasteiger charge is 2.15. The van der Waals surface area contributed by atoms with Gasteiger partial charge < -0.3 is 19.6 Å². The van der Waals surface area contributed by atoms with Crippen molar-refractivity contribution in [2.24, 2.45) is 0 Å². The number of nitrogens with zero attached hydrogens (tertiary/aromatic N) is 2. The van der Waals surface area contributed by atoms with Crippen LogP contribution in [-0.2, 0) is 0 Å². The summed E-state index contributed by atoms with van der Waals surface area (Å²) in [6.45, 7) is 0. The monoisotopic (exact) mass is 374 g/mol. The van der Waals surface area contributed by atoms with Crippen LogP contribution in [0.1, 0.15) is 21.0 Å². The molecular weight excluding hydrogens is 360 g/mol. The molecule has 8 heteroatoms. The normalized spacial score (nSPS) is 10.4. The Bertz CT molecular complexity index is 1100. The Hall–Kier alpha value is -4.20. The average Bonchev–Trinajstić information content (AvgIpc) is 3.41. The molecule has 2 N–H and O–H groups in total. The van der Waals surface area contributed by atoms with Crippen LogP contribution in [0.25, 0.3) is 11.3 Å². The van der Waals surface area contributed by atoms with Crippen LogP contribution < -0.4 is 10.6 Å². The molecule has 0 atom stereocenters. The number of carbonyl (C=O) groups excluding carboxylic acids is 2. The van der Waals surface area contributed by atoms with E-state index >= 15 is 0 Å². The van der Waals surface area contributed by atoms with E-state index < -0.39 is 5.91 Å². The van der Waals surface area contributed by atoms with Crippen LogP contribution in [0.5, 0.6) is 0 Å². The maximum Gasteiger partial charge on any atom is 0.291 e. The summed E-state index contributed by atoms with van der Waals surface area (Å²) in [5.74, 6) is -0.183. The third-order valence-electron chi connectivity index (χ3n) is 3.81. The Morgan fingerprint density at radius 2 is 1.71 bits per heavy atom. The maximum absolute atomic E-state index is 12.4. The number of rotatable bonds is 5. The predicted molar refractivity (Wildman–Crippen MR) is 101 cm³/mol. The fourth-order valence-electron chi connectivity index (χ4n) is 2.50. The molecule has 0 fully saturated rings. The van der Waals surface area contributed by atoms with Crippen LogP contribution in [-0.4, -0.2) is 22.0 Å². The van der Waals surface area contributed by atoms with Gasteiger partial charge in [0.2, 0.25) is 0 Å². The SMILES string of the molecule is O=C(Nc1cccc(NC(=O)c2ccco2)c1)c1cc(-c2cccnc2)on1. The lowest BCUT2D eigenvalue weighted by Gasteiger charge is -2.07. The van der Waals surface area contributed by atoms with Crippen LogP contribution in [0.4, 0.5) is 11.4 Å². The molecule has 0 unspecified atom stereocenters. The lowest BCUT2D eigenvalue weighted by Crippen LogP contribution is -2.13. The third-order valence-corrected chi connectivity index (χ3v) is 3.81. The predicted octanol–water partition coefficient (Wildman–Crippen LogP) is 3.83. The largest absolute Gasteiger partial charge is 0.459 e. The second-order valence-electron chi connectivity index (χ2n) is 5.78. The molecule has 0 radical (unpaired) electrons. The first kappa shape index (κ1) is 17.2. The smallest absolute Gasteiger partial charge is 0.291 e. The van der Waals surface area contributed by atoms with E-state index in [0.717, 1.165) is 5.56 Å². The van der Waals surface area contributed by atoms with Crippen molar-refractivity contribution in [3.05, 3.63) is 84.7 Å². The summed E-state index contributed by atoms with van der Waals surface area (Å²) < 4.78 is 10.3. The van der Waals surface area contributed by atoms with Gasteiger partial charge in [-0.15, -0.1) is 0 Å². The van der Waals surface area contributed by atoms with Gasteiger partial charge >= 0.3 is 0 Å². The van der Waals surface area contributed by atoms with Gasteiger partial charge in [-0.25, -0.2) is 0 Å². The summed E-state index contributed by atoms with van der Waals surface area (Å²) in [5.41, 5.74) is 1.85. The highest BCUT2D eigenvalue weighted by molar-refractivity contribution is 6.05. The van der Waals surface area contributed by atoms with E-state index in [2.05, 4.69) is 20.8 Å². The molecule has 28 heavy (non-hydrogen) atoms.